The number of ether oxygens (including phenoxy) is 2. The van der Waals surface area contributed by atoms with Gasteiger partial charge in [0.1, 0.15) is 0 Å². The summed E-state index contributed by atoms with van der Waals surface area (Å²) < 4.78 is 11.1. The van der Waals surface area contributed by atoms with Crippen LogP contribution < -0.4 is 5.32 Å². The van der Waals surface area contributed by atoms with E-state index >= 15 is 0 Å². The predicted molar refractivity (Wildman–Crippen MR) is 72.4 cm³/mol. The normalized spacial score (nSPS) is 19.3. The van der Waals surface area contributed by atoms with Crippen molar-refractivity contribution in [2.75, 3.05) is 26.4 Å². The first-order valence-corrected chi connectivity index (χ1v) is 6.82. The van der Waals surface area contributed by atoms with E-state index < -0.39 is 0 Å². The van der Waals surface area contributed by atoms with Crippen molar-refractivity contribution in [1.82, 2.24) is 5.32 Å². The van der Waals surface area contributed by atoms with Gasteiger partial charge in [-0.3, -0.25) is 0 Å². The second-order valence-corrected chi connectivity index (χ2v) is 4.85. The highest BCUT2D eigenvalue weighted by molar-refractivity contribution is 5.22. The van der Waals surface area contributed by atoms with E-state index in [9.17, 15) is 0 Å². The van der Waals surface area contributed by atoms with Crippen LogP contribution >= 0.6 is 0 Å². The van der Waals surface area contributed by atoms with Gasteiger partial charge in [0.2, 0.25) is 0 Å². The molecule has 1 aromatic rings. The molecule has 1 aliphatic heterocycles. The van der Waals surface area contributed by atoms with E-state index in [0.717, 1.165) is 39.3 Å². The van der Waals surface area contributed by atoms with Crippen molar-refractivity contribution in [2.24, 2.45) is 5.92 Å². The lowest BCUT2D eigenvalue weighted by Gasteiger charge is -2.10. The molecule has 1 saturated heterocycles. The summed E-state index contributed by atoms with van der Waals surface area (Å²) in [6.07, 6.45) is 1.14. The second kappa shape index (κ2) is 7.52. The van der Waals surface area contributed by atoms with Gasteiger partial charge in [-0.25, -0.2) is 0 Å². The minimum absolute atomic E-state index is 0.593. The zero-order valence-electron chi connectivity index (χ0n) is 11.2. The average Bonchev–Trinajstić information content (AvgIpc) is 2.90. The molecule has 0 aromatic heterocycles. The van der Waals surface area contributed by atoms with Gasteiger partial charge >= 0.3 is 0 Å². The molecular formula is C15H23NO2. The average molecular weight is 249 g/mol. The van der Waals surface area contributed by atoms with E-state index in [0.29, 0.717) is 12.5 Å². The maximum atomic E-state index is 5.76. The summed E-state index contributed by atoms with van der Waals surface area (Å²) in [6, 6.07) is 8.59. The highest BCUT2D eigenvalue weighted by Gasteiger charge is 2.15. The van der Waals surface area contributed by atoms with Crippen molar-refractivity contribution in [2.45, 2.75) is 26.5 Å². The van der Waals surface area contributed by atoms with E-state index in [1.165, 1.54) is 11.1 Å². The molecule has 1 aliphatic rings. The summed E-state index contributed by atoms with van der Waals surface area (Å²) in [4.78, 5) is 0. The summed E-state index contributed by atoms with van der Waals surface area (Å²) in [5, 5.41) is 3.34. The summed E-state index contributed by atoms with van der Waals surface area (Å²) in [5.74, 6) is 0.593. The Labute approximate surface area is 109 Å². The van der Waals surface area contributed by atoms with Crippen molar-refractivity contribution in [1.29, 1.82) is 0 Å². The molecule has 3 nitrogen and oxygen atoms in total. The molecule has 0 spiro atoms. The lowest BCUT2D eigenvalue weighted by molar-refractivity contribution is 0.0791. The first-order valence-electron chi connectivity index (χ1n) is 6.82. The van der Waals surface area contributed by atoms with Crippen LogP contribution in [0.4, 0.5) is 0 Å². The van der Waals surface area contributed by atoms with Gasteiger partial charge in [-0.15, -0.1) is 0 Å². The standard InChI is InChI=1S/C15H23NO2/c1-2-16-9-13-4-3-5-14(8-13)10-18-12-15-6-7-17-11-15/h3-5,8,15-16H,2,6-7,9-12H2,1H3. The van der Waals surface area contributed by atoms with Gasteiger partial charge in [0, 0.05) is 19.1 Å². The van der Waals surface area contributed by atoms with Crippen LogP contribution in [0.15, 0.2) is 24.3 Å². The summed E-state index contributed by atoms with van der Waals surface area (Å²) in [6.45, 7) is 7.33. The predicted octanol–water partition coefficient (Wildman–Crippen LogP) is 2.35. The lowest BCUT2D eigenvalue weighted by atomic mass is 10.1. The molecule has 1 N–H and O–H groups in total. The minimum atomic E-state index is 0.593. The second-order valence-electron chi connectivity index (χ2n) is 4.85. The highest BCUT2D eigenvalue weighted by atomic mass is 16.5. The monoisotopic (exact) mass is 249 g/mol. The van der Waals surface area contributed by atoms with Crippen LogP contribution in [0.3, 0.4) is 0 Å². The number of benzene rings is 1. The lowest BCUT2D eigenvalue weighted by Crippen LogP contribution is -2.12. The molecule has 2 rings (SSSR count). The van der Waals surface area contributed by atoms with Gasteiger partial charge in [0.15, 0.2) is 0 Å². The molecule has 0 amide bonds. The Morgan fingerprint density at radius 3 is 3.06 bits per heavy atom. The Bertz CT molecular complexity index is 348. The van der Waals surface area contributed by atoms with Gasteiger partial charge in [-0.1, -0.05) is 31.2 Å². The van der Waals surface area contributed by atoms with Crippen LogP contribution in [-0.4, -0.2) is 26.4 Å². The maximum Gasteiger partial charge on any atom is 0.0717 e. The van der Waals surface area contributed by atoms with Crippen LogP contribution in [0.2, 0.25) is 0 Å². The van der Waals surface area contributed by atoms with Crippen molar-refractivity contribution >= 4 is 0 Å². The van der Waals surface area contributed by atoms with Crippen LogP contribution in [0.5, 0.6) is 0 Å². The van der Waals surface area contributed by atoms with E-state index in [2.05, 4.69) is 36.5 Å². The van der Waals surface area contributed by atoms with Crippen LogP contribution in [0, 0.1) is 5.92 Å². The fourth-order valence-corrected chi connectivity index (χ4v) is 2.16. The molecule has 0 aliphatic carbocycles. The Kier molecular flexibility index (Phi) is 5.65. The fourth-order valence-electron chi connectivity index (χ4n) is 2.16. The van der Waals surface area contributed by atoms with E-state index in [1.807, 2.05) is 0 Å². The van der Waals surface area contributed by atoms with Crippen LogP contribution in [0.1, 0.15) is 24.5 Å². The van der Waals surface area contributed by atoms with Gasteiger partial charge in [0.25, 0.3) is 0 Å². The molecule has 1 heterocycles. The molecule has 3 heteroatoms. The molecule has 100 valence electrons. The summed E-state index contributed by atoms with van der Waals surface area (Å²) in [7, 11) is 0. The molecule has 0 saturated carbocycles. The van der Waals surface area contributed by atoms with Crippen molar-refractivity contribution < 1.29 is 9.47 Å². The smallest absolute Gasteiger partial charge is 0.0717 e. The molecule has 1 atom stereocenters. The summed E-state index contributed by atoms with van der Waals surface area (Å²) in [5.41, 5.74) is 2.58. The molecule has 1 unspecified atom stereocenters. The van der Waals surface area contributed by atoms with Gasteiger partial charge in [-0.05, 0) is 24.1 Å². The quantitative estimate of drug-likeness (QED) is 0.804. The first kappa shape index (κ1) is 13.5. The zero-order chi connectivity index (χ0) is 12.6. The van der Waals surface area contributed by atoms with Gasteiger partial charge < -0.3 is 14.8 Å². The largest absolute Gasteiger partial charge is 0.381 e. The van der Waals surface area contributed by atoms with E-state index in [1.54, 1.807) is 0 Å². The molecule has 1 fully saturated rings. The third kappa shape index (κ3) is 4.41. The summed E-state index contributed by atoms with van der Waals surface area (Å²) >= 11 is 0. The first-order chi connectivity index (χ1) is 8.88. The van der Waals surface area contributed by atoms with Crippen molar-refractivity contribution in [3.8, 4) is 0 Å². The van der Waals surface area contributed by atoms with Crippen molar-refractivity contribution in [3.63, 3.8) is 0 Å². The van der Waals surface area contributed by atoms with Gasteiger partial charge in [0.05, 0.1) is 19.8 Å². The number of nitrogens with one attached hydrogen (secondary N) is 1. The molecule has 18 heavy (non-hydrogen) atoms. The van der Waals surface area contributed by atoms with E-state index in [-0.39, 0.29) is 0 Å². The minimum Gasteiger partial charge on any atom is -0.381 e. The number of hydrogen-bond acceptors (Lipinski definition) is 3. The highest BCUT2D eigenvalue weighted by Crippen LogP contribution is 2.14. The van der Waals surface area contributed by atoms with Gasteiger partial charge in [-0.2, -0.15) is 0 Å². The molecule has 1 aromatic carbocycles. The van der Waals surface area contributed by atoms with Crippen LogP contribution in [-0.2, 0) is 22.6 Å². The fraction of sp³-hybridized carbons (Fsp3) is 0.600. The Morgan fingerprint density at radius 1 is 1.39 bits per heavy atom. The third-order valence-corrected chi connectivity index (χ3v) is 3.22. The van der Waals surface area contributed by atoms with E-state index in [4.69, 9.17) is 9.47 Å². The Hall–Kier alpha value is -0.900. The Balaban J connectivity index is 1.74. The molecular weight excluding hydrogens is 226 g/mol. The SMILES string of the molecule is CCNCc1cccc(COCC2CCOC2)c1. The Morgan fingerprint density at radius 2 is 2.28 bits per heavy atom. The maximum absolute atomic E-state index is 5.76. The van der Waals surface area contributed by atoms with Crippen molar-refractivity contribution in [3.05, 3.63) is 35.4 Å². The number of hydrogen-bond donors (Lipinski definition) is 1. The van der Waals surface area contributed by atoms with Crippen LogP contribution in [0.25, 0.3) is 0 Å². The third-order valence-electron chi connectivity index (χ3n) is 3.22. The molecule has 0 radical (unpaired) electrons. The zero-order valence-corrected chi connectivity index (χ0v) is 11.2. The molecule has 0 bridgehead atoms. The number of rotatable bonds is 7. The topological polar surface area (TPSA) is 30.5 Å².